The van der Waals surface area contributed by atoms with Gasteiger partial charge in [0.1, 0.15) is 11.4 Å². The zero-order valence-corrected chi connectivity index (χ0v) is 19.0. The summed E-state index contributed by atoms with van der Waals surface area (Å²) in [6, 6.07) is 6.99. The molecule has 0 spiro atoms. The van der Waals surface area contributed by atoms with E-state index in [0.717, 1.165) is 24.6 Å². The van der Waals surface area contributed by atoms with Crippen LogP contribution in [0.25, 0.3) is 5.69 Å². The van der Waals surface area contributed by atoms with Gasteiger partial charge in [0, 0.05) is 18.8 Å². The quantitative estimate of drug-likeness (QED) is 0.574. The third-order valence-corrected chi connectivity index (χ3v) is 6.79. The van der Waals surface area contributed by atoms with E-state index < -0.39 is 11.7 Å². The predicted octanol–water partition coefficient (Wildman–Crippen LogP) is 4.29. The van der Waals surface area contributed by atoms with Gasteiger partial charge in [-0.15, -0.1) is 0 Å². The molecule has 0 N–H and O–H groups in total. The zero-order valence-electron chi connectivity index (χ0n) is 19.0. The average molecular weight is 470 g/mol. The van der Waals surface area contributed by atoms with Crippen molar-refractivity contribution < 1.29 is 18.0 Å². The van der Waals surface area contributed by atoms with Gasteiger partial charge >= 0.3 is 6.18 Å². The molecule has 0 aliphatic carbocycles. The van der Waals surface area contributed by atoms with Crippen molar-refractivity contribution in [3.05, 3.63) is 81.3 Å². The molecule has 34 heavy (non-hydrogen) atoms. The van der Waals surface area contributed by atoms with Crippen LogP contribution in [0, 0.1) is 13.8 Å². The number of carbonyl (C=O) groups excluding carboxylic acids is 1. The number of piperidine rings is 1. The van der Waals surface area contributed by atoms with Crippen LogP contribution in [0.3, 0.4) is 0 Å². The van der Waals surface area contributed by atoms with Crippen molar-refractivity contribution in [2.24, 2.45) is 0 Å². The largest absolute Gasteiger partial charge is 0.416 e. The molecule has 2 unspecified atom stereocenters. The normalized spacial score (nSPS) is 20.3. The van der Waals surface area contributed by atoms with Crippen molar-refractivity contribution in [2.75, 3.05) is 0 Å². The second-order valence-corrected chi connectivity index (χ2v) is 9.30. The summed E-state index contributed by atoms with van der Waals surface area (Å²) in [5.74, 6) is -0.241. The van der Waals surface area contributed by atoms with Crippen LogP contribution in [0.5, 0.6) is 0 Å². The van der Waals surface area contributed by atoms with Gasteiger partial charge in [-0.2, -0.15) is 13.2 Å². The van der Waals surface area contributed by atoms with Gasteiger partial charge in [0.2, 0.25) is 0 Å². The van der Waals surface area contributed by atoms with Crippen molar-refractivity contribution in [3.63, 3.8) is 0 Å². The van der Waals surface area contributed by atoms with Crippen molar-refractivity contribution in [2.45, 2.75) is 64.3 Å². The van der Waals surface area contributed by atoms with Crippen LogP contribution in [0.2, 0.25) is 0 Å². The fourth-order valence-electron chi connectivity index (χ4n) is 5.32. The monoisotopic (exact) mass is 470 g/mol. The van der Waals surface area contributed by atoms with E-state index in [-0.39, 0.29) is 23.6 Å². The van der Waals surface area contributed by atoms with Crippen LogP contribution in [0.1, 0.15) is 52.1 Å². The number of hydrogen-bond acceptors (Lipinski definition) is 3. The second-order valence-electron chi connectivity index (χ2n) is 9.30. The lowest BCUT2D eigenvalue weighted by Crippen LogP contribution is -2.57. The number of alkyl halides is 3. The molecule has 0 radical (unpaired) electrons. The molecular formula is C25H25F3N4O2. The Morgan fingerprint density at radius 1 is 1.09 bits per heavy atom. The summed E-state index contributed by atoms with van der Waals surface area (Å²) in [6.45, 7) is 3.86. The van der Waals surface area contributed by atoms with Crippen molar-refractivity contribution in [1.29, 1.82) is 0 Å². The number of hydrogen-bond donors (Lipinski definition) is 0. The molecule has 0 bridgehead atoms. The first kappa shape index (κ1) is 22.4. The highest BCUT2D eigenvalue weighted by molar-refractivity contribution is 5.94. The van der Waals surface area contributed by atoms with E-state index in [0.29, 0.717) is 41.9 Å². The van der Waals surface area contributed by atoms with E-state index in [2.05, 4.69) is 4.98 Å². The van der Waals surface area contributed by atoms with Gasteiger partial charge in [-0.25, -0.2) is 4.98 Å². The maximum absolute atomic E-state index is 13.5. The highest BCUT2D eigenvalue weighted by Crippen LogP contribution is 2.34. The summed E-state index contributed by atoms with van der Waals surface area (Å²) < 4.78 is 43.1. The molecule has 1 amide bonds. The van der Waals surface area contributed by atoms with E-state index in [1.165, 1.54) is 10.6 Å². The standard InChI is InChI=1S/C25H25F3N4O2/c1-15-8-17(10-18(9-15)25(26,27)28)11-19-4-3-5-20-13-31-22(24(34)32(19)20)7-6-21(23(31)33)30-12-16(2)29-14-30/h6-10,12,14,19-20H,3-5,11,13H2,1-2H3. The Kier molecular flexibility index (Phi) is 5.37. The lowest BCUT2D eigenvalue weighted by molar-refractivity contribution is -0.137. The van der Waals surface area contributed by atoms with Gasteiger partial charge in [0.25, 0.3) is 11.5 Å². The number of rotatable bonds is 3. The molecule has 6 nitrogen and oxygen atoms in total. The van der Waals surface area contributed by atoms with E-state index in [1.807, 2.05) is 6.92 Å². The Bertz CT molecular complexity index is 1320. The summed E-state index contributed by atoms with van der Waals surface area (Å²) in [6.07, 6.45) is 1.59. The molecule has 2 aromatic heterocycles. The molecule has 1 aromatic carbocycles. The van der Waals surface area contributed by atoms with Gasteiger partial charge in [-0.1, -0.05) is 11.6 Å². The molecule has 9 heteroatoms. The van der Waals surface area contributed by atoms with E-state index in [1.54, 1.807) is 47.1 Å². The summed E-state index contributed by atoms with van der Waals surface area (Å²) in [5.41, 5.74) is 1.72. The Labute approximate surface area is 194 Å². The molecule has 1 saturated heterocycles. The maximum atomic E-state index is 13.5. The Hall–Kier alpha value is -3.36. The lowest BCUT2D eigenvalue weighted by atomic mass is 9.88. The predicted molar refractivity (Wildman–Crippen MR) is 120 cm³/mol. The molecule has 0 saturated carbocycles. The van der Waals surface area contributed by atoms with Gasteiger partial charge < -0.3 is 14.0 Å². The fourth-order valence-corrected chi connectivity index (χ4v) is 5.32. The first-order valence-corrected chi connectivity index (χ1v) is 11.4. The molecule has 178 valence electrons. The first-order valence-electron chi connectivity index (χ1n) is 11.4. The number of aromatic nitrogens is 3. The number of imidazole rings is 1. The average Bonchev–Trinajstić information content (AvgIpc) is 3.19. The topological polar surface area (TPSA) is 60.1 Å². The third kappa shape index (κ3) is 3.93. The summed E-state index contributed by atoms with van der Waals surface area (Å²) in [4.78, 5) is 32.7. The van der Waals surface area contributed by atoms with E-state index in [9.17, 15) is 22.8 Å². The molecule has 2 atom stereocenters. The number of benzene rings is 1. The first-order chi connectivity index (χ1) is 16.1. The zero-order chi connectivity index (χ0) is 24.2. The second kappa shape index (κ2) is 8.14. The molecule has 2 aliphatic heterocycles. The van der Waals surface area contributed by atoms with E-state index in [4.69, 9.17) is 0 Å². The summed E-state index contributed by atoms with van der Waals surface area (Å²) >= 11 is 0. The highest BCUT2D eigenvalue weighted by Gasteiger charge is 2.40. The Morgan fingerprint density at radius 2 is 1.88 bits per heavy atom. The van der Waals surface area contributed by atoms with Gasteiger partial charge in [0.15, 0.2) is 0 Å². The van der Waals surface area contributed by atoms with Crippen molar-refractivity contribution >= 4 is 5.91 Å². The number of amides is 1. The van der Waals surface area contributed by atoms with Crippen LogP contribution in [0.15, 0.2) is 47.7 Å². The Balaban J connectivity index is 1.47. The minimum atomic E-state index is -4.41. The number of halogens is 3. The molecule has 3 aromatic rings. The van der Waals surface area contributed by atoms with Crippen LogP contribution < -0.4 is 5.56 Å². The minimum Gasteiger partial charge on any atom is -0.329 e. The van der Waals surface area contributed by atoms with Gasteiger partial charge in [-0.3, -0.25) is 9.59 Å². The molecule has 4 heterocycles. The smallest absolute Gasteiger partial charge is 0.329 e. The number of aryl methyl sites for hydroxylation is 2. The van der Waals surface area contributed by atoms with Crippen LogP contribution in [-0.2, 0) is 19.1 Å². The van der Waals surface area contributed by atoms with Crippen molar-refractivity contribution in [1.82, 2.24) is 19.0 Å². The van der Waals surface area contributed by atoms with Crippen LogP contribution >= 0.6 is 0 Å². The van der Waals surface area contributed by atoms with Gasteiger partial charge in [-0.05, 0) is 69.4 Å². The minimum absolute atomic E-state index is 0.164. The summed E-state index contributed by atoms with van der Waals surface area (Å²) in [5, 5.41) is 0. The fraction of sp³-hybridized carbons (Fsp3) is 0.400. The highest BCUT2D eigenvalue weighted by atomic mass is 19.4. The molecular weight excluding hydrogens is 445 g/mol. The third-order valence-electron chi connectivity index (χ3n) is 6.79. The molecule has 5 rings (SSSR count). The SMILES string of the molecule is Cc1cc(CC2CCCC3Cn4c(ccc(-n5cnc(C)c5)c4=O)C(=O)N23)cc(C(F)(F)F)c1. The Morgan fingerprint density at radius 3 is 2.59 bits per heavy atom. The molecule has 1 fully saturated rings. The maximum Gasteiger partial charge on any atom is 0.416 e. The van der Waals surface area contributed by atoms with Crippen LogP contribution in [0.4, 0.5) is 13.2 Å². The van der Waals surface area contributed by atoms with Crippen molar-refractivity contribution in [3.8, 4) is 5.69 Å². The lowest BCUT2D eigenvalue weighted by Gasteiger charge is -2.46. The number of fused-ring (bicyclic) bond motifs is 2. The van der Waals surface area contributed by atoms with E-state index >= 15 is 0 Å². The van der Waals surface area contributed by atoms with Crippen LogP contribution in [-0.4, -0.2) is 37.0 Å². The van der Waals surface area contributed by atoms with Gasteiger partial charge in [0.05, 0.1) is 23.6 Å². The number of pyridine rings is 1. The molecule has 2 aliphatic rings. The number of carbonyl (C=O) groups is 1. The summed E-state index contributed by atoms with van der Waals surface area (Å²) in [7, 11) is 0. The number of nitrogens with zero attached hydrogens (tertiary/aromatic N) is 4.